The van der Waals surface area contributed by atoms with Gasteiger partial charge >= 0.3 is 0 Å². The van der Waals surface area contributed by atoms with E-state index in [1.165, 1.54) is 11.8 Å². The Morgan fingerprint density at radius 3 is 2.56 bits per heavy atom. The number of amides is 2. The van der Waals surface area contributed by atoms with E-state index >= 15 is 0 Å². The van der Waals surface area contributed by atoms with Crippen molar-refractivity contribution in [2.45, 2.75) is 12.1 Å². The topological polar surface area (TPSA) is 103 Å². The molecule has 0 radical (unpaired) electrons. The number of aryl methyl sites for hydroxylation is 1. The number of primary amides is 1. The molecule has 0 bridgehead atoms. The summed E-state index contributed by atoms with van der Waals surface area (Å²) < 4.78 is 1.87. The van der Waals surface area contributed by atoms with Crippen molar-refractivity contribution >= 4 is 29.3 Å². The molecule has 0 unspecified atom stereocenters. The summed E-state index contributed by atoms with van der Waals surface area (Å²) >= 11 is 1.31. The number of carbonyl (C=O) groups excluding carboxylic acids is 2. The molecule has 138 valence electrons. The van der Waals surface area contributed by atoms with E-state index in [2.05, 4.69) is 15.5 Å². The largest absolute Gasteiger partial charge is 0.366 e. The number of benzene rings is 2. The molecule has 8 heteroatoms. The summed E-state index contributed by atoms with van der Waals surface area (Å²) in [5, 5.41) is 11.8. The first-order chi connectivity index (χ1) is 12.9. The fourth-order valence-electron chi connectivity index (χ4n) is 2.52. The number of anilines is 1. The number of nitrogens with one attached hydrogen (secondary N) is 1. The van der Waals surface area contributed by atoms with Crippen molar-refractivity contribution in [1.82, 2.24) is 14.8 Å². The normalized spacial score (nSPS) is 10.6. The minimum absolute atomic E-state index is 0.174. The molecular weight excluding hydrogens is 362 g/mol. The Hall–Kier alpha value is -3.13. The van der Waals surface area contributed by atoms with Gasteiger partial charge in [-0.15, -0.1) is 10.2 Å². The van der Waals surface area contributed by atoms with E-state index in [4.69, 9.17) is 5.73 Å². The second-order valence-corrected chi connectivity index (χ2v) is 6.96. The molecule has 0 spiro atoms. The number of nitrogens with two attached hydrogens (primary N) is 1. The lowest BCUT2D eigenvalue weighted by Crippen LogP contribution is -2.15. The third-order valence-corrected chi connectivity index (χ3v) is 4.92. The number of nitrogens with zero attached hydrogens (tertiary/aromatic N) is 3. The first-order valence-electron chi connectivity index (χ1n) is 8.23. The maximum Gasteiger partial charge on any atom is 0.248 e. The molecule has 0 fully saturated rings. The van der Waals surface area contributed by atoms with Crippen LogP contribution >= 0.6 is 11.8 Å². The molecule has 1 heterocycles. The Morgan fingerprint density at radius 1 is 1.15 bits per heavy atom. The molecule has 0 aliphatic carbocycles. The second kappa shape index (κ2) is 8.05. The molecule has 0 saturated carbocycles. The minimum Gasteiger partial charge on any atom is -0.366 e. The molecule has 0 aliphatic rings. The second-order valence-electron chi connectivity index (χ2n) is 6.01. The number of carbonyl (C=O) groups is 2. The SMILES string of the molecule is Cc1cccc(-c2nnc(SCC(=O)Nc3ccc(C(N)=O)cc3)n2C)c1. The monoisotopic (exact) mass is 381 g/mol. The summed E-state index contributed by atoms with van der Waals surface area (Å²) in [5.74, 6) is 0.267. The van der Waals surface area contributed by atoms with Crippen LogP contribution in [0.2, 0.25) is 0 Å². The molecule has 3 N–H and O–H groups in total. The van der Waals surface area contributed by atoms with Gasteiger partial charge in [-0.3, -0.25) is 9.59 Å². The summed E-state index contributed by atoms with van der Waals surface area (Å²) in [7, 11) is 1.88. The number of hydrogen-bond acceptors (Lipinski definition) is 5. The molecule has 0 saturated heterocycles. The van der Waals surface area contributed by atoms with Crippen molar-refractivity contribution in [3.8, 4) is 11.4 Å². The molecular formula is C19H19N5O2S. The molecule has 2 amide bonds. The van der Waals surface area contributed by atoms with Crippen LogP contribution in [-0.4, -0.2) is 32.3 Å². The third-order valence-electron chi connectivity index (χ3n) is 3.90. The summed E-state index contributed by atoms with van der Waals surface area (Å²) in [4.78, 5) is 23.2. The van der Waals surface area contributed by atoms with E-state index < -0.39 is 5.91 Å². The summed E-state index contributed by atoms with van der Waals surface area (Å²) in [6, 6.07) is 14.4. The molecule has 0 aliphatic heterocycles. The lowest BCUT2D eigenvalue weighted by atomic mass is 10.1. The summed E-state index contributed by atoms with van der Waals surface area (Å²) in [5.41, 5.74) is 8.32. The Labute approximate surface area is 161 Å². The highest BCUT2D eigenvalue weighted by atomic mass is 32.2. The highest BCUT2D eigenvalue weighted by molar-refractivity contribution is 7.99. The van der Waals surface area contributed by atoms with Crippen molar-refractivity contribution in [2.24, 2.45) is 12.8 Å². The van der Waals surface area contributed by atoms with Crippen LogP contribution in [0.3, 0.4) is 0 Å². The van der Waals surface area contributed by atoms with E-state index in [0.717, 1.165) is 17.0 Å². The van der Waals surface area contributed by atoms with Crippen LogP contribution in [0.4, 0.5) is 5.69 Å². The summed E-state index contributed by atoms with van der Waals surface area (Å²) in [6.45, 7) is 2.02. The molecule has 3 aromatic rings. The number of thioether (sulfide) groups is 1. The van der Waals surface area contributed by atoms with E-state index in [-0.39, 0.29) is 11.7 Å². The number of aromatic nitrogens is 3. The van der Waals surface area contributed by atoms with Gasteiger partial charge in [-0.25, -0.2) is 0 Å². The Kier molecular flexibility index (Phi) is 5.56. The molecule has 3 rings (SSSR count). The van der Waals surface area contributed by atoms with Crippen molar-refractivity contribution in [2.75, 3.05) is 11.1 Å². The van der Waals surface area contributed by atoms with Crippen LogP contribution in [0.25, 0.3) is 11.4 Å². The van der Waals surface area contributed by atoms with Gasteiger partial charge in [0.1, 0.15) is 0 Å². The maximum absolute atomic E-state index is 12.2. The van der Waals surface area contributed by atoms with E-state index in [1.54, 1.807) is 24.3 Å². The Bertz CT molecular complexity index is 982. The number of rotatable bonds is 6. The smallest absolute Gasteiger partial charge is 0.248 e. The average molecular weight is 381 g/mol. The Morgan fingerprint density at radius 2 is 1.89 bits per heavy atom. The van der Waals surface area contributed by atoms with Gasteiger partial charge in [0, 0.05) is 23.9 Å². The van der Waals surface area contributed by atoms with Crippen LogP contribution in [-0.2, 0) is 11.8 Å². The van der Waals surface area contributed by atoms with Gasteiger partial charge in [0.15, 0.2) is 11.0 Å². The predicted molar refractivity (Wildman–Crippen MR) is 105 cm³/mol. The fourth-order valence-corrected chi connectivity index (χ4v) is 3.23. The van der Waals surface area contributed by atoms with Crippen molar-refractivity contribution in [1.29, 1.82) is 0 Å². The van der Waals surface area contributed by atoms with Crippen LogP contribution in [0.1, 0.15) is 15.9 Å². The van der Waals surface area contributed by atoms with Gasteiger partial charge in [-0.1, -0.05) is 35.5 Å². The predicted octanol–water partition coefficient (Wildman–Crippen LogP) is 2.62. The average Bonchev–Trinajstić information content (AvgIpc) is 3.01. The number of hydrogen-bond donors (Lipinski definition) is 2. The van der Waals surface area contributed by atoms with Crippen LogP contribution in [0, 0.1) is 6.92 Å². The standard InChI is InChI=1S/C19H19N5O2S/c1-12-4-3-5-14(10-12)18-22-23-19(24(18)2)27-11-16(25)21-15-8-6-13(7-9-15)17(20)26/h3-10H,11H2,1-2H3,(H2,20,26)(H,21,25). The van der Waals surface area contributed by atoms with Gasteiger partial charge in [-0.05, 0) is 37.3 Å². The molecule has 1 aromatic heterocycles. The van der Waals surface area contributed by atoms with Gasteiger partial charge in [0.05, 0.1) is 5.75 Å². The van der Waals surface area contributed by atoms with E-state index in [9.17, 15) is 9.59 Å². The molecule has 0 atom stereocenters. The van der Waals surface area contributed by atoms with Crippen LogP contribution < -0.4 is 11.1 Å². The van der Waals surface area contributed by atoms with Gasteiger partial charge < -0.3 is 15.6 Å². The van der Waals surface area contributed by atoms with Crippen molar-refractivity contribution in [3.05, 3.63) is 59.7 Å². The first kappa shape index (κ1) is 18.7. The van der Waals surface area contributed by atoms with Gasteiger partial charge in [0.25, 0.3) is 0 Å². The zero-order valence-corrected chi connectivity index (χ0v) is 15.8. The lowest BCUT2D eigenvalue weighted by Gasteiger charge is -2.06. The lowest BCUT2D eigenvalue weighted by molar-refractivity contribution is -0.113. The van der Waals surface area contributed by atoms with E-state index in [1.807, 2.05) is 42.8 Å². The zero-order valence-electron chi connectivity index (χ0n) is 15.0. The minimum atomic E-state index is -0.505. The molecule has 27 heavy (non-hydrogen) atoms. The molecule has 2 aromatic carbocycles. The van der Waals surface area contributed by atoms with Crippen LogP contribution in [0.5, 0.6) is 0 Å². The van der Waals surface area contributed by atoms with E-state index in [0.29, 0.717) is 16.4 Å². The van der Waals surface area contributed by atoms with Gasteiger partial charge in [0.2, 0.25) is 11.8 Å². The fraction of sp³-hybridized carbons (Fsp3) is 0.158. The quantitative estimate of drug-likeness (QED) is 0.639. The van der Waals surface area contributed by atoms with Crippen molar-refractivity contribution in [3.63, 3.8) is 0 Å². The third kappa shape index (κ3) is 4.53. The Balaban J connectivity index is 1.61. The highest BCUT2D eigenvalue weighted by Gasteiger charge is 2.13. The maximum atomic E-state index is 12.2. The van der Waals surface area contributed by atoms with Crippen molar-refractivity contribution < 1.29 is 9.59 Å². The summed E-state index contributed by atoms with van der Waals surface area (Å²) in [6.07, 6.45) is 0. The zero-order chi connectivity index (χ0) is 19.4. The first-order valence-corrected chi connectivity index (χ1v) is 9.21. The highest BCUT2D eigenvalue weighted by Crippen LogP contribution is 2.23. The van der Waals surface area contributed by atoms with Crippen LogP contribution in [0.15, 0.2) is 53.7 Å². The molecule has 7 nitrogen and oxygen atoms in total. The van der Waals surface area contributed by atoms with Gasteiger partial charge in [-0.2, -0.15) is 0 Å².